The Balaban J connectivity index is 1.55. The second kappa shape index (κ2) is 10.5. The number of aryl methyl sites for hydroxylation is 1. The fourth-order valence-electron chi connectivity index (χ4n) is 3.24. The van der Waals surface area contributed by atoms with Crippen molar-refractivity contribution in [1.29, 1.82) is 0 Å². The second-order valence-electron chi connectivity index (χ2n) is 8.08. The molecule has 168 valence electrons. The van der Waals surface area contributed by atoms with Crippen LogP contribution in [0.5, 0.6) is 0 Å². The number of nitrogens with one attached hydrogen (secondary N) is 2. The van der Waals surface area contributed by atoms with Crippen LogP contribution in [0, 0.1) is 6.92 Å². The quantitative estimate of drug-likeness (QED) is 0.493. The van der Waals surface area contributed by atoms with E-state index in [1.54, 1.807) is 10.6 Å². The summed E-state index contributed by atoms with van der Waals surface area (Å²) < 4.78 is 1.80. The molecular weight excluding hydrogens is 422 g/mol. The zero-order valence-electron chi connectivity index (χ0n) is 19.0. The van der Waals surface area contributed by atoms with Gasteiger partial charge < -0.3 is 15.2 Å². The number of thioether (sulfide) groups is 1. The van der Waals surface area contributed by atoms with Crippen LogP contribution in [0.25, 0.3) is 0 Å². The zero-order valence-corrected chi connectivity index (χ0v) is 19.9. The summed E-state index contributed by atoms with van der Waals surface area (Å²) in [5.74, 6) is 1.00. The fraction of sp³-hybridized carbons (Fsp3) is 0.333. The van der Waals surface area contributed by atoms with Crippen molar-refractivity contribution in [3.8, 4) is 0 Å². The molecule has 0 saturated heterocycles. The van der Waals surface area contributed by atoms with Crippen LogP contribution in [-0.2, 0) is 11.8 Å². The van der Waals surface area contributed by atoms with E-state index in [0.29, 0.717) is 22.5 Å². The Morgan fingerprint density at radius 3 is 2.44 bits per heavy atom. The highest BCUT2D eigenvalue weighted by Gasteiger charge is 2.19. The van der Waals surface area contributed by atoms with Crippen LogP contribution >= 0.6 is 11.8 Å². The lowest BCUT2D eigenvalue weighted by Crippen LogP contribution is -2.28. The maximum absolute atomic E-state index is 12.5. The summed E-state index contributed by atoms with van der Waals surface area (Å²) in [4.78, 5) is 24.9. The van der Waals surface area contributed by atoms with E-state index in [2.05, 4.69) is 34.7 Å². The molecular formula is C24H29N5O2S. The Morgan fingerprint density at radius 2 is 1.78 bits per heavy atom. The number of anilines is 1. The van der Waals surface area contributed by atoms with Crippen molar-refractivity contribution in [2.75, 3.05) is 11.1 Å². The standard InChI is InChI=1S/C24H29N5O2S/c1-15(2)18-9-11-20(12-10-18)26-21(30)14-32-24-28-27-22(29(24)5)17(4)25-23(31)19-8-6-7-16(3)13-19/h6-13,15,17H,14H2,1-5H3,(H,25,31)(H,26,30)/t17-/m0/s1. The lowest BCUT2D eigenvalue weighted by molar-refractivity contribution is -0.113. The molecule has 3 rings (SSSR count). The van der Waals surface area contributed by atoms with Crippen LogP contribution in [0.15, 0.2) is 53.7 Å². The van der Waals surface area contributed by atoms with Crippen molar-refractivity contribution < 1.29 is 9.59 Å². The largest absolute Gasteiger partial charge is 0.342 e. The summed E-state index contributed by atoms with van der Waals surface area (Å²) in [6, 6.07) is 15.0. The number of carbonyl (C=O) groups excluding carboxylic acids is 2. The Hall–Kier alpha value is -3.13. The van der Waals surface area contributed by atoms with Gasteiger partial charge in [0.25, 0.3) is 5.91 Å². The van der Waals surface area contributed by atoms with Crippen molar-refractivity contribution in [3.05, 3.63) is 71.0 Å². The van der Waals surface area contributed by atoms with Gasteiger partial charge in [0, 0.05) is 18.3 Å². The van der Waals surface area contributed by atoms with Crippen molar-refractivity contribution in [1.82, 2.24) is 20.1 Å². The Morgan fingerprint density at radius 1 is 1.06 bits per heavy atom. The summed E-state index contributed by atoms with van der Waals surface area (Å²) >= 11 is 1.30. The smallest absolute Gasteiger partial charge is 0.251 e. The van der Waals surface area contributed by atoms with Gasteiger partial charge in [-0.2, -0.15) is 0 Å². The first-order valence-electron chi connectivity index (χ1n) is 10.5. The van der Waals surface area contributed by atoms with E-state index in [1.807, 2.05) is 63.4 Å². The Labute approximate surface area is 193 Å². The van der Waals surface area contributed by atoms with E-state index in [4.69, 9.17) is 0 Å². The molecule has 0 aliphatic rings. The topological polar surface area (TPSA) is 88.9 Å². The van der Waals surface area contributed by atoms with Gasteiger partial charge in [-0.05, 0) is 49.6 Å². The summed E-state index contributed by atoms with van der Waals surface area (Å²) in [7, 11) is 1.83. The Kier molecular flexibility index (Phi) is 7.69. The lowest BCUT2D eigenvalue weighted by Gasteiger charge is -2.14. The SMILES string of the molecule is Cc1cccc(C(=O)N[C@@H](C)c2nnc(SCC(=O)Nc3ccc(C(C)C)cc3)n2C)c1. The van der Waals surface area contributed by atoms with Gasteiger partial charge in [-0.3, -0.25) is 9.59 Å². The minimum atomic E-state index is -0.330. The van der Waals surface area contributed by atoms with Crippen molar-refractivity contribution >= 4 is 29.3 Å². The van der Waals surface area contributed by atoms with Crippen LogP contribution in [0.4, 0.5) is 5.69 Å². The molecule has 0 aliphatic carbocycles. The minimum Gasteiger partial charge on any atom is -0.342 e. The summed E-state index contributed by atoms with van der Waals surface area (Å²) in [6.45, 7) is 8.07. The molecule has 1 atom stereocenters. The third-order valence-corrected chi connectivity index (χ3v) is 6.10. The molecule has 32 heavy (non-hydrogen) atoms. The number of rotatable bonds is 8. The highest BCUT2D eigenvalue weighted by atomic mass is 32.2. The molecule has 0 bridgehead atoms. The van der Waals surface area contributed by atoms with Crippen LogP contribution in [0.1, 0.15) is 60.0 Å². The van der Waals surface area contributed by atoms with Gasteiger partial charge in [-0.15, -0.1) is 10.2 Å². The van der Waals surface area contributed by atoms with Crippen LogP contribution < -0.4 is 10.6 Å². The summed E-state index contributed by atoms with van der Waals surface area (Å²) in [6.07, 6.45) is 0. The highest BCUT2D eigenvalue weighted by molar-refractivity contribution is 7.99. The number of benzene rings is 2. The molecule has 0 unspecified atom stereocenters. The zero-order chi connectivity index (χ0) is 23.3. The monoisotopic (exact) mass is 451 g/mol. The van der Waals surface area contributed by atoms with Crippen LogP contribution in [0.2, 0.25) is 0 Å². The minimum absolute atomic E-state index is 0.113. The summed E-state index contributed by atoms with van der Waals surface area (Å²) in [5, 5.41) is 14.9. The van der Waals surface area contributed by atoms with Gasteiger partial charge in [-0.25, -0.2) is 0 Å². The lowest BCUT2D eigenvalue weighted by atomic mass is 10.0. The first-order valence-corrected chi connectivity index (χ1v) is 11.5. The van der Waals surface area contributed by atoms with Gasteiger partial charge in [0.15, 0.2) is 11.0 Å². The van der Waals surface area contributed by atoms with Gasteiger partial charge in [0.05, 0.1) is 11.8 Å². The first-order chi connectivity index (χ1) is 15.2. The van der Waals surface area contributed by atoms with Gasteiger partial charge in [0.1, 0.15) is 0 Å². The third kappa shape index (κ3) is 5.97. The Bertz CT molecular complexity index is 1090. The molecule has 0 spiro atoms. The van der Waals surface area contributed by atoms with Crippen molar-refractivity contribution in [3.63, 3.8) is 0 Å². The molecule has 1 heterocycles. The molecule has 2 aromatic carbocycles. The number of hydrogen-bond acceptors (Lipinski definition) is 5. The van der Waals surface area contributed by atoms with E-state index < -0.39 is 0 Å². The molecule has 0 saturated carbocycles. The summed E-state index contributed by atoms with van der Waals surface area (Å²) in [5.41, 5.74) is 3.63. The molecule has 7 nitrogen and oxygen atoms in total. The molecule has 2 amide bonds. The number of aromatic nitrogens is 3. The van der Waals surface area contributed by atoms with E-state index in [9.17, 15) is 9.59 Å². The van der Waals surface area contributed by atoms with Gasteiger partial charge in [0.2, 0.25) is 5.91 Å². The molecule has 2 N–H and O–H groups in total. The number of hydrogen-bond donors (Lipinski definition) is 2. The third-order valence-electron chi connectivity index (χ3n) is 5.08. The van der Waals surface area contributed by atoms with Gasteiger partial charge >= 0.3 is 0 Å². The number of carbonyl (C=O) groups is 2. The molecule has 1 aromatic heterocycles. The number of amides is 2. The molecule has 3 aromatic rings. The predicted molar refractivity (Wildman–Crippen MR) is 128 cm³/mol. The average Bonchev–Trinajstić information content (AvgIpc) is 3.13. The van der Waals surface area contributed by atoms with E-state index >= 15 is 0 Å². The van der Waals surface area contributed by atoms with E-state index in [-0.39, 0.29) is 23.6 Å². The van der Waals surface area contributed by atoms with Crippen LogP contribution in [0.3, 0.4) is 0 Å². The molecule has 0 aliphatic heterocycles. The fourth-order valence-corrected chi connectivity index (χ4v) is 3.96. The van der Waals surface area contributed by atoms with Crippen molar-refractivity contribution in [2.45, 2.75) is 44.8 Å². The van der Waals surface area contributed by atoms with Crippen LogP contribution in [-0.4, -0.2) is 32.3 Å². The average molecular weight is 452 g/mol. The van der Waals surface area contributed by atoms with Gasteiger partial charge in [-0.1, -0.05) is 55.4 Å². The molecule has 0 fully saturated rings. The normalized spacial score (nSPS) is 11.9. The first kappa shape index (κ1) is 23.5. The van der Waals surface area contributed by atoms with E-state index in [0.717, 1.165) is 11.3 Å². The van der Waals surface area contributed by atoms with E-state index in [1.165, 1.54) is 17.3 Å². The molecule has 0 radical (unpaired) electrons. The highest BCUT2D eigenvalue weighted by Crippen LogP contribution is 2.21. The molecule has 8 heteroatoms. The predicted octanol–water partition coefficient (Wildman–Crippen LogP) is 4.47. The number of nitrogens with zero attached hydrogens (tertiary/aromatic N) is 3. The maximum atomic E-state index is 12.5. The van der Waals surface area contributed by atoms with Crippen molar-refractivity contribution in [2.24, 2.45) is 7.05 Å². The maximum Gasteiger partial charge on any atom is 0.251 e. The second-order valence-corrected chi connectivity index (χ2v) is 9.02.